The van der Waals surface area contributed by atoms with E-state index in [-0.39, 0.29) is 5.41 Å². The zero-order valence-corrected chi connectivity index (χ0v) is 16.4. The number of hydrogen-bond acceptors (Lipinski definition) is 4. The maximum atomic E-state index is 5.82. The van der Waals surface area contributed by atoms with Crippen LogP contribution in [0.5, 0.6) is 0 Å². The Hall–Kier alpha value is -1.56. The Bertz CT molecular complexity index is 554. The molecule has 1 aliphatic rings. The standard InChI is InChI=1S/C19H34N4O2/c1-18(2,3)15-12-21-16(25-15)13-22-17(20-4)23-14-19(10-11-24-5)8-6-7-9-19/h12H,6-11,13-14H2,1-5H3,(H2,20,22,23). The summed E-state index contributed by atoms with van der Waals surface area (Å²) < 4.78 is 11.1. The van der Waals surface area contributed by atoms with Gasteiger partial charge in [-0.1, -0.05) is 33.6 Å². The van der Waals surface area contributed by atoms with E-state index in [1.807, 2.05) is 6.20 Å². The van der Waals surface area contributed by atoms with Gasteiger partial charge in [0.1, 0.15) is 5.76 Å². The van der Waals surface area contributed by atoms with Gasteiger partial charge in [-0.25, -0.2) is 4.98 Å². The van der Waals surface area contributed by atoms with Crippen molar-refractivity contribution in [3.63, 3.8) is 0 Å². The van der Waals surface area contributed by atoms with E-state index in [0.29, 0.717) is 17.9 Å². The van der Waals surface area contributed by atoms with E-state index in [4.69, 9.17) is 9.15 Å². The third-order valence-electron chi connectivity index (χ3n) is 5.05. The maximum Gasteiger partial charge on any atom is 0.213 e. The van der Waals surface area contributed by atoms with Crippen LogP contribution in [-0.2, 0) is 16.7 Å². The summed E-state index contributed by atoms with van der Waals surface area (Å²) in [6.45, 7) is 8.63. The van der Waals surface area contributed by atoms with E-state index in [1.54, 1.807) is 14.2 Å². The van der Waals surface area contributed by atoms with Crippen molar-refractivity contribution in [3.8, 4) is 0 Å². The fourth-order valence-electron chi connectivity index (χ4n) is 3.35. The number of ether oxygens (including phenoxy) is 1. The third-order valence-corrected chi connectivity index (χ3v) is 5.05. The van der Waals surface area contributed by atoms with Gasteiger partial charge in [0.05, 0.1) is 12.7 Å². The number of nitrogens with one attached hydrogen (secondary N) is 2. The number of nitrogens with zero attached hydrogens (tertiary/aromatic N) is 2. The summed E-state index contributed by atoms with van der Waals surface area (Å²) in [5, 5.41) is 6.78. The quantitative estimate of drug-likeness (QED) is 0.583. The van der Waals surface area contributed by atoms with Gasteiger partial charge < -0.3 is 19.8 Å². The van der Waals surface area contributed by atoms with Crippen molar-refractivity contribution in [2.24, 2.45) is 10.4 Å². The Morgan fingerprint density at radius 3 is 2.60 bits per heavy atom. The first-order valence-corrected chi connectivity index (χ1v) is 9.27. The van der Waals surface area contributed by atoms with Crippen molar-refractivity contribution in [3.05, 3.63) is 17.8 Å². The van der Waals surface area contributed by atoms with Crippen LogP contribution < -0.4 is 10.6 Å². The molecule has 1 aromatic heterocycles. The monoisotopic (exact) mass is 350 g/mol. The van der Waals surface area contributed by atoms with E-state index in [0.717, 1.165) is 31.3 Å². The van der Waals surface area contributed by atoms with Gasteiger partial charge in [-0.3, -0.25) is 4.99 Å². The van der Waals surface area contributed by atoms with Crippen molar-refractivity contribution < 1.29 is 9.15 Å². The molecule has 0 unspecified atom stereocenters. The lowest BCUT2D eigenvalue weighted by atomic mass is 9.83. The number of methoxy groups -OCH3 is 1. The topological polar surface area (TPSA) is 71.7 Å². The Kier molecular flexibility index (Phi) is 6.87. The molecule has 1 aliphatic carbocycles. The Morgan fingerprint density at radius 1 is 1.32 bits per heavy atom. The minimum Gasteiger partial charge on any atom is -0.443 e. The van der Waals surface area contributed by atoms with Crippen LogP contribution in [0.2, 0.25) is 0 Å². The highest BCUT2D eigenvalue weighted by molar-refractivity contribution is 5.79. The number of oxazole rings is 1. The normalized spacial score (nSPS) is 17.7. The minimum absolute atomic E-state index is 0.0264. The highest BCUT2D eigenvalue weighted by Gasteiger charge is 2.33. The molecular weight excluding hydrogens is 316 g/mol. The van der Waals surface area contributed by atoms with Gasteiger partial charge in [-0.2, -0.15) is 0 Å². The molecular formula is C19H34N4O2. The van der Waals surface area contributed by atoms with Crippen LogP contribution >= 0.6 is 0 Å². The van der Waals surface area contributed by atoms with Crippen molar-refractivity contribution >= 4 is 5.96 Å². The zero-order chi connectivity index (χ0) is 18.3. The smallest absolute Gasteiger partial charge is 0.213 e. The van der Waals surface area contributed by atoms with Crippen LogP contribution in [0.25, 0.3) is 0 Å². The molecule has 1 saturated carbocycles. The predicted octanol–water partition coefficient (Wildman–Crippen LogP) is 3.23. The highest BCUT2D eigenvalue weighted by Crippen LogP contribution is 2.40. The first-order chi connectivity index (χ1) is 11.9. The average Bonchev–Trinajstić information content (AvgIpc) is 3.23. The van der Waals surface area contributed by atoms with Crippen molar-refractivity contribution in [2.45, 2.75) is 64.8 Å². The lowest BCUT2D eigenvalue weighted by Crippen LogP contribution is -2.43. The molecule has 25 heavy (non-hydrogen) atoms. The summed E-state index contributed by atoms with van der Waals surface area (Å²) >= 11 is 0. The second-order valence-electron chi connectivity index (χ2n) is 8.10. The summed E-state index contributed by atoms with van der Waals surface area (Å²) in [6.07, 6.45) is 8.05. The summed E-state index contributed by atoms with van der Waals surface area (Å²) in [6, 6.07) is 0. The van der Waals surface area contributed by atoms with Gasteiger partial charge in [-0.05, 0) is 24.7 Å². The van der Waals surface area contributed by atoms with Crippen LogP contribution in [0, 0.1) is 5.41 Å². The van der Waals surface area contributed by atoms with E-state index in [9.17, 15) is 0 Å². The van der Waals surface area contributed by atoms with E-state index < -0.39 is 0 Å². The van der Waals surface area contributed by atoms with Gasteiger partial charge >= 0.3 is 0 Å². The predicted molar refractivity (Wildman–Crippen MR) is 101 cm³/mol. The fraction of sp³-hybridized carbons (Fsp3) is 0.789. The lowest BCUT2D eigenvalue weighted by Gasteiger charge is -2.29. The molecule has 1 heterocycles. The van der Waals surface area contributed by atoms with Crippen molar-refractivity contribution in [1.29, 1.82) is 0 Å². The molecule has 2 N–H and O–H groups in total. The first kappa shape index (κ1) is 19.8. The van der Waals surface area contributed by atoms with Crippen molar-refractivity contribution in [1.82, 2.24) is 15.6 Å². The van der Waals surface area contributed by atoms with E-state index >= 15 is 0 Å². The summed E-state index contributed by atoms with van der Waals surface area (Å²) in [5.41, 5.74) is 0.303. The molecule has 6 heteroatoms. The molecule has 2 rings (SSSR count). The zero-order valence-electron chi connectivity index (χ0n) is 16.4. The maximum absolute atomic E-state index is 5.82. The molecule has 0 bridgehead atoms. The molecule has 0 aliphatic heterocycles. The van der Waals surface area contributed by atoms with Crippen molar-refractivity contribution in [2.75, 3.05) is 27.3 Å². The molecule has 0 saturated heterocycles. The Balaban J connectivity index is 1.85. The number of aromatic nitrogens is 1. The molecule has 0 spiro atoms. The first-order valence-electron chi connectivity index (χ1n) is 9.27. The number of rotatable bonds is 7. The summed E-state index contributed by atoms with van der Waals surface area (Å²) in [7, 11) is 3.57. The highest BCUT2D eigenvalue weighted by atomic mass is 16.5. The van der Waals surface area contributed by atoms with Crippen LogP contribution in [0.15, 0.2) is 15.6 Å². The Morgan fingerprint density at radius 2 is 2.04 bits per heavy atom. The lowest BCUT2D eigenvalue weighted by molar-refractivity contribution is 0.138. The SMILES string of the molecule is CN=C(NCc1ncc(C(C)(C)C)o1)NCC1(CCOC)CCCC1. The van der Waals surface area contributed by atoms with Gasteiger partial charge in [0.15, 0.2) is 5.96 Å². The van der Waals surface area contributed by atoms with Crippen LogP contribution in [-0.4, -0.2) is 38.3 Å². The molecule has 0 aromatic carbocycles. The van der Waals surface area contributed by atoms with Gasteiger partial charge in [0, 0.05) is 32.7 Å². The molecule has 0 radical (unpaired) electrons. The second kappa shape index (κ2) is 8.70. The largest absolute Gasteiger partial charge is 0.443 e. The number of hydrogen-bond donors (Lipinski definition) is 2. The number of guanidine groups is 1. The molecule has 1 aromatic rings. The summed E-state index contributed by atoms with van der Waals surface area (Å²) in [4.78, 5) is 8.68. The van der Waals surface area contributed by atoms with Crippen LogP contribution in [0.4, 0.5) is 0 Å². The average molecular weight is 351 g/mol. The Labute approximate surface area is 151 Å². The van der Waals surface area contributed by atoms with Crippen LogP contribution in [0.3, 0.4) is 0 Å². The van der Waals surface area contributed by atoms with E-state index in [2.05, 4.69) is 41.4 Å². The third kappa shape index (κ3) is 5.73. The summed E-state index contributed by atoms with van der Waals surface area (Å²) in [5.74, 6) is 2.37. The van der Waals surface area contributed by atoms with Gasteiger partial charge in [0.25, 0.3) is 0 Å². The van der Waals surface area contributed by atoms with E-state index in [1.165, 1.54) is 25.7 Å². The molecule has 1 fully saturated rings. The molecule has 6 nitrogen and oxygen atoms in total. The minimum atomic E-state index is -0.0264. The molecule has 0 amide bonds. The van der Waals surface area contributed by atoms with Crippen LogP contribution in [0.1, 0.15) is 64.5 Å². The molecule has 0 atom stereocenters. The van der Waals surface area contributed by atoms with Gasteiger partial charge in [0.2, 0.25) is 5.89 Å². The van der Waals surface area contributed by atoms with Gasteiger partial charge in [-0.15, -0.1) is 0 Å². The number of aliphatic imine (C=N–C) groups is 1. The fourth-order valence-corrected chi connectivity index (χ4v) is 3.35. The molecule has 142 valence electrons. The second-order valence-corrected chi connectivity index (χ2v) is 8.10.